The van der Waals surface area contributed by atoms with Crippen LogP contribution in [0, 0.1) is 0 Å². The van der Waals surface area contributed by atoms with E-state index in [1.54, 1.807) is 25.3 Å². The van der Waals surface area contributed by atoms with Crippen molar-refractivity contribution in [2.75, 3.05) is 34.5 Å². The highest BCUT2D eigenvalue weighted by Crippen LogP contribution is 2.28. The Morgan fingerprint density at radius 3 is 1.62 bits per heavy atom. The molecule has 188 valence electrons. The third kappa shape index (κ3) is 9.06. The van der Waals surface area contributed by atoms with Crippen molar-refractivity contribution >= 4 is 11.9 Å². The SMILES string of the molecule is COC(=O)c1cc(O)cc(C(C)(C)C)c1.COCCOc1cc(C(=O)OC)cc(C(C)(C)C)c1. The van der Waals surface area contributed by atoms with E-state index < -0.39 is 5.97 Å². The highest BCUT2D eigenvalue weighted by molar-refractivity contribution is 5.90. The molecule has 0 radical (unpaired) electrons. The fourth-order valence-electron chi connectivity index (χ4n) is 2.87. The molecule has 2 aromatic rings. The number of benzene rings is 2. The molecule has 0 amide bonds. The van der Waals surface area contributed by atoms with Crippen molar-refractivity contribution in [2.24, 2.45) is 0 Å². The molecule has 0 saturated heterocycles. The lowest BCUT2D eigenvalue weighted by Crippen LogP contribution is -2.14. The molecule has 0 unspecified atom stereocenters. The van der Waals surface area contributed by atoms with E-state index in [0.29, 0.717) is 30.1 Å². The molecular weight excluding hydrogens is 436 g/mol. The Labute approximate surface area is 203 Å². The quantitative estimate of drug-likeness (QED) is 0.450. The minimum atomic E-state index is -0.434. The van der Waals surface area contributed by atoms with E-state index in [9.17, 15) is 14.7 Å². The van der Waals surface area contributed by atoms with Crippen LogP contribution in [0.1, 0.15) is 73.4 Å². The summed E-state index contributed by atoms with van der Waals surface area (Å²) in [5.74, 6) is -0.0493. The van der Waals surface area contributed by atoms with Crippen molar-refractivity contribution in [1.82, 2.24) is 0 Å². The summed E-state index contributed by atoms with van der Waals surface area (Å²) in [6.07, 6.45) is 0. The standard InChI is InChI=1S/C15H22O4.C12H16O3/c1-15(2,3)12-8-11(14(16)18-5)9-13(10-12)19-7-6-17-4;1-12(2,3)9-5-8(11(14)15-4)6-10(13)7-9/h8-10H,6-7H2,1-5H3;5-7,13H,1-4H3. The van der Waals surface area contributed by atoms with Crippen molar-refractivity contribution < 1.29 is 33.6 Å². The van der Waals surface area contributed by atoms with Crippen LogP contribution >= 0.6 is 0 Å². The van der Waals surface area contributed by atoms with Crippen LogP contribution in [0.3, 0.4) is 0 Å². The first kappa shape index (κ1) is 29.0. The second kappa shape index (κ2) is 12.4. The smallest absolute Gasteiger partial charge is 0.337 e. The number of methoxy groups -OCH3 is 3. The van der Waals surface area contributed by atoms with E-state index in [-0.39, 0.29) is 22.5 Å². The lowest BCUT2D eigenvalue weighted by Gasteiger charge is -2.21. The van der Waals surface area contributed by atoms with Gasteiger partial charge in [-0.25, -0.2) is 9.59 Å². The highest BCUT2D eigenvalue weighted by atomic mass is 16.5. The Morgan fingerprint density at radius 2 is 1.18 bits per heavy atom. The highest BCUT2D eigenvalue weighted by Gasteiger charge is 2.19. The summed E-state index contributed by atoms with van der Waals surface area (Å²) >= 11 is 0. The molecule has 0 atom stereocenters. The van der Waals surface area contributed by atoms with E-state index in [4.69, 9.17) is 14.2 Å². The zero-order valence-corrected chi connectivity index (χ0v) is 21.8. The van der Waals surface area contributed by atoms with Gasteiger partial charge in [0, 0.05) is 7.11 Å². The van der Waals surface area contributed by atoms with Gasteiger partial charge in [-0.1, -0.05) is 41.5 Å². The van der Waals surface area contributed by atoms with Gasteiger partial charge < -0.3 is 24.1 Å². The summed E-state index contributed by atoms with van der Waals surface area (Å²) in [5, 5.41) is 9.49. The maximum Gasteiger partial charge on any atom is 0.337 e. The van der Waals surface area contributed by atoms with Gasteiger partial charge in [-0.3, -0.25) is 0 Å². The molecule has 0 aliphatic rings. The van der Waals surface area contributed by atoms with Gasteiger partial charge in [-0.05, 0) is 58.4 Å². The maximum absolute atomic E-state index is 11.7. The number of hydrogen-bond acceptors (Lipinski definition) is 7. The number of aromatic hydroxyl groups is 1. The van der Waals surface area contributed by atoms with Crippen LogP contribution in [-0.2, 0) is 25.0 Å². The van der Waals surface area contributed by atoms with Gasteiger partial charge >= 0.3 is 11.9 Å². The molecule has 0 heterocycles. The third-order valence-electron chi connectivity index (χ3n) is 4.95. The minimum Gasteiger partial charge on any atom is -0.508 e. The molecule has 2 aromatic carbocycles. The van der Waals surface area contributed by atoms with Crippen LogP contribution in [-0.4, -0.2) is 51.6 Å². The maximum atomic E-state index is 11.7. The van der Waals surface area contributed by atoms with Crippen molar-refractivity contribution in [3.05, 3.63) is 58.7 Å². The first-order valence-corrected chi connectivity index (χ1v) is 11.0. The average Bonchev–Trinajstić information content (AvgIpc) is 2.76. The largest absolute Gasteiger partial charge is 0.508 e. The van der Waals surface area contributed by atoms with Crippen molar-refractivity contribution in [2.45, 2.75) is 52.4 Å². The zero-order chi connectivity index (χ0) is 26.1. The topological polar surface area (TPSA) is 91.3 Å². The fourth-order valence-corrected chi connectivity index (χ4v) is 2.87. The summed E-state index contributed by atoms with van der Waals surface area (Å²) in [6, 6.07) is 10.3. The Bertz CT molecular complexity index is 966. The number of phenolic OH excluding ortho intramolecular Hbond substituents is 1. The molecule has 0 fully saturated rings. The van der Waals surface area contributed by atoms with Crippen LogP contribution in [0.2, 0.25) is 0 Å². The van der Waals surface area contributed by atoms with E-state index >= 15 is 0 Å². The molecule has 0 aliphatic heterocycles. The molecule has 1 N–H and O–H groups in total. The monoisotopic (exact) mass is 474 g/mol. The number of phenols is 1. The van der Waals surface area contributed by atoms with Crippen LogP contribution in [0.15, 0.2) is 36.4 Å². The zero-order valence-electron chi connectivity index (χ0n) is 21.8. The average molecular weight is 475 g/mol. The fraction of sp³-hybridized carbons (Fsp3) is 0.481. The van der Waals surface area contributed by atoms with Crippen LogP contribution in [0.25, 0.3) is 0 Å². The summed E-state index contributed by atoms with van der Waals surface area (Å²) in [6.45, 7) is 13.3. The van der Waals surface area contributed by atoms with Crippen LogP contribution in [0.5, 0.6) is 11.5 Å². The van der Waals surface area contributed by atoms with E-state index in [2.05, 4.69) is 25.5 Å². The molecular formula is C27H38O7. The van der Waals surface area contributed by atoms with Crippen molar-refractivity contribution in [3.8, 4) is 11.5 Å². The number of carbonyl (C=O) groups is 2. The number of carbonyl (C=O) groups excluding carboxylic acids is 2. The molecule has 0 aromatic heterocycles. The number of ether oxygens (including phenoxy) is 4. The van der Waals surface area contributed by atoms with Gasteiger partial charge in [0.2, 0.25) is 0 Å². The van der Waals surface area contributed by atoms with E-state index in [0.717, 1.165) is 11.1 Å². The Morgan fingerprint density at radius 1 is 0.706 bits per heavy atom. The number of rotatable bonds is 6. The predicted octanol–water partition coefficient (Wildman–Crippen LogP) is 5.27. The second-order valence-electron chi connectivity index (χ2n) is 9.84. The normalized spacial score (nSPS) is 11.2. The predicted molar refractivity (Wildman–Crippen MR) is 132 cm³/mol. The van der Waals surface area contributed by atoms with Gasteiger partial charge in [0.15, 0.2) is 0 Å². The third-order valence-corrected chi connectivity index (χ3v) is 4.95. The molecule has 7 nitrogen and oxygen atoms in total. The molecule has 7 heteroatoms. The Hall–Kier alpha value is -3.06. The lowest BCUT2D eigenvalue weighted by molar-refractivity contribution is 0.0591. The van der Waals surface area contributed by atoms with E-state index in [1.807, 2.05) is 32.9 Å². The van der Waals surface area contributed by atoms with Crippen LogP contribution < -0.4 is 4.74 Å². The van der Waals surface area contributed by atoms with Gasteiger partial charge in [0.05, 0.1) is 32.0 Å². The summed E-state index contributed by atoms with van der Waals surface area (Å²) in [5.41, 5.74) is 2.64. The molecule has 0 aliphatic carbocycles. The number of esters is 2. The van der Waals surface area contributed by atoms with Gasteiger partial charge in [-0.2, -0.15) is 0 Å². The van der Waals surface area contributed by atoms with Crippen molar-refractivity contribution in [3.63, 3.8) is 0 Å². The summed E-state index contributed by atoms with van der Waals surface area (Å²) in [7, 11) is 4.31. The Balaban J connectivity index is 0.000000350. The minimum absolute atomic E-state index is 0.0661. The van der Waals surface area contributed by atoms with Gasteiger partial charge in [0.25, 0.3) is 0 Å². The van der Waals surface area contributed by atoms with Gasteiger partial charge in [0.1, 0.15) is 18.1 Å². The lowest BCUT2D eigenvalue weighted by atomic mass is 9.86. The summed E-state index contributed by atoms with van der Waals surface area (Å²) < 4.78 is 19.9. The van der Waals surface area contributed by atoms with E-state index in [1.165, 1.54) is 20.3 Å². The van der Waals surface area contributed by atoms with Crippen LogP contribution in [0.4, 0.5) is 0 Å². The Kier molecular flexibility index (Phi) is 10.6. The first-order valence-electron chi connectivity index (χ1n) is 11.0. The molecule has 2 rings (SSSR count). The molecule has 0 bridgehead atoms. The second-order valence-corrected chi connectivity index (χ2v) is 9.84. The number of hydrogen-bond donors (Lipinski definition) is 1. The first-order chi connectivity index (χ1) is 15.7. The summed E-state index contributed by atoms with van der Waals surface area (Å²) in [4.78, 5) is 23.0. The van der Waals surface area contributed by atoms with Crippen molar-refractivity contribution in [1.29, 1.82) is 0 Å². The van der Waals surface area contributed by atoms with Gasteiger partial charge in [-0.15, -0.1) is 0 Å². The molecule has 34 heavy (non-hydrogen) atoms. The molecule has 0 saturated carbocycles. The molecule has 0 spiro atoms.